The topological polar surface area (TPSA) is 38.9 Å². The van der Waals surface area contributed by atoms with Crippen LogP contribution in [-0.2, 0) is 12.8 Å². The van der Waals surface area contributed by atoms with Crippen LogP contribution in [-0.4, -0.2) is 16.5 Å². The first-order valence-electron chi connectivity index (χ1n) is 4.59. The quantitative estimate of drug-likeness (QED) is 0.769. The van der Waals surface area contributed by atoms with Gasteiger partial charge in [-0.1, -0.05) is 13.8 Å². The van der Waals surface area contributed by atoms with Crippen LogP contribution in [0.1, 0.15) is 24.5 Å². The minimum absolute atomic E-state index is 0.911. The van der Waals surface area contributed by atoms with Gasteiger partial charge in [-0.25, -0.2) is 4.98 Å². The SMILES string of the molecule is CCSCCc1nc(CC)sc1N. The van der Waals surface area contributed by atoms with E-state index in [1.807, 2.05) is 11.8 Å². The van der Waals surface area contributed by atoms with Gasteiger partial charge in [-0.2, -0.15) is 11.8 Å². The Labute approximate surface area is 87.9 Å². The third-order valence-corrected chi connectivity index (χ3v) is 3.73. The van der Waals surface area contributed by atoms with Crippen molar-refractivity contribution in [2.24, 2.45) is 0 Å². The minimum atomic E-state index is 0.911. The van der Waals surface area contributed by atoms with E-state index in [4.69, 9.17) is 5.73 Å². The molecule has 0 fully saturated rings. The van der Waals surface area contributed by atoms with Crippen LogP contribution in [0.5, 0.6) is 0 Å². The minimum Gasteiger partial charge on any atom is -0.389 e. The Morgan fingerprint density at radius 2 is 2.23 bits per heavy atom. The van der Waals surface area contributed by atoms with Crippen LogP contribution in [0.25, 0.3) is 0 Å². The molecule has 2 nitrogen and oxygen atoms in total. The number of aromatic nitrogens is 1. The molecule has 0 aliphatic rings. The zero-order chi connectivity index (χ0) is 9.68. The second kappa shape index (κ2) is 5.50. The molecule has 0 aliphatic carbocycles. The van der Waals surface area contributed by atoms with Gasteiger partial charge in [-0.05, 0) is 17.9 Å². The molecule has 0 aliphatic heterocycles. The maximum Gasteiger partial charge on any atom is 0.109 e. The van der Waals surface area contributed by atoms with Crippen molar-refractivity contribution < 1.29 is 0 Å². The Balaban J connectivity index is 2.50. The first kappa shape index (κ1) is 10.9. The summed E-state index contributed by atoms with van der Waals surface area (Å²) in [6.07, 6.45) is 2.01. The van der Waals surface area contributed by atoms with Gasteiger partial charge in [-0.15, -0.1) is 11.3 Å². The zero-order valence-corrected chi connectivity index (χ0v) is 9.80. The van der Waals surface area contributed by atoms with Crippen molar-refractivity contribution in [2.45, 2.75) is 26.7 Å². The van der Waals surface area contributed by atoms with Crippen LogP contribution in [0.3, 0.4) is 0 Å². The molecular weight excluding hydrogens is 200 g/mol. The summed E-state index contributed by atoms with van der Waals surface area (Å²) < 4.78 is 0. The van der Waals surface area contributed by atoms with E-state index in [2.05, 4.69) is 18.8 Å². The number of aryl methyl sites for hydroxylation is 2. The molecule has 0 radical (unpaired) electrons. The molecule has 1 aromatic rings. The van der Waals surface area contributed by atoms with Crippen molar-refractivity contribution >= 4 is 28.1 Å². The van der Waals surface area contributed by atoms with Crippen LogP contribution in [0, 0.1) is 0 Å². The molecule has 74 valence electrons. The Kier molecular flexibility index (Phi) is 4.59. The Bertz CT molecular complexity index is 258. The van der Waals surface area contributed by atoms with E-state index in [1.165, 1.54) is 5.75 Å². The van der Waals surface area contributed by atoms with Gasteiger partial charge in [0, 0.05) is 6.42 Å². The fourth-order valence-electron chi connectivity index (χ4n) is 1.06. The van der Waals surface area contributed by atoms with Crippen molar-refractivity contribution in [3.8, 4) is 0 Å². The number of nitrogens with zero attached hydrogens (tertiary/aromatic N) is 1. The van der Waals surface area contributed by atoms with Crippen LogP contribution in [0.4, 0.5) is 5.00 Å². The van der Waals surface area contributed by atoms with Crippen molar-refractivity contribution in [3.63, 3.8) is 0 Å². The normalized spacial score (nSPS) is 10.6. The average Bonchev–Trinajstić information content (AvgIpc) is 2.48. The van der Waals surface area contributed by atoms with Gasteiger partial charge in [0.25, 0.3) is 0 Å². The maximum atomic E-state index is 5.85. The second-order valence-electron chi connectivity index (χ2n) is 2.72. The molecule has 0 atom stereocenters. The lowest BCUT2D eigenvalue weighted by molar-refractivity contribution is 1.01. The van der Waals surface area contributed by atoms with Crippen molar-refractivity contribution in [1.82, 2.24) is 4.98 Å². The molecule has 1 aromatic heterocycles. The highest BCUT2D eigenvalue weighted by molar-refractivity contribution is 7.99. The van der Waals surface area contributed by atoms with Crippen LogP contribution >= 0.6 is 23.1 Å². The molecule has 1 rings (SSSR count). The highest BCUT2D eigenvalue weighted by Crippen LogP contribution is 2.22. The molecule has 4 heteroatoms. The van der Waals surface area contributed by atoms with E-state index in [-0.39, 0.29) is 0 Å². The number of rotatable bonds is 5. The summed E-state index contributed by atoms with van der Waals surface area (Å²) in [5, 5.41) is 2.07. The fourth-order valence-corrected chi connectivity index (χ4v) is 2.50. The number of hydrogen-bond acceptors (Lipinski definition) is 4. The second-order valence-corrected chi connectivity index (χ2v) is 5.23. The molecule has 0 aromatic carbocycles. The van der Waals surface area contributed by atoms with Crippen molar-refractivity contribution in [3.05, 3.63) is 10.7 Å². The molecule has 1 heterocycles. The highest BCUT2D eigenvalue weighted by atomic mass is 32.2. The van der Waals surface area contributed by atoms with Gasteiger partial charge in [0.05, 0.1) is 10.7 Å². The molecule has 0 amide bonds. The summed E-state index contributed by atoms with van der Waals surface area (Å²) in [5.74, 6) is 2.30. The predicted octanol–water partition coefficient (Wildman–Crippen LogP) is 2.58. The van der Waals surface area contributed by atoms with Crippen molar-refractivity contribution in [1.29, 1.82) is 0 Å². The van der Waals surface area contributed by atoms with Crippen molar-refractivity contribution in [2.75, 3.05) is 17.2 Å². The van der Waals surface area contributed by atoms with E-state index >= 15 is 0 Å². The van der Waals surface area contributed by atoms with Crippen LogP contribution in [0.15, 0.2) is 0 Å². The lowest BCUT2D eigenvalue weighted by Crippen LogP contribution is -1.94. The molecule has 0 unspecified atom stereocenters. The van der Waals surface area contributed by atoms with Gasteiger partial charge in [0.15, 0.2) is 0 Å². The zero-order valence-electron chi connectivity index (χ0n) is 8.17. The van der Waals surface area contributed by atoms with Crippen LogP contribution < -0.4 is 5.73 Å². The molecule has 2 N–H and O–H groups in total. The predicted molar refractivity (Wildman–Crippen MR) is 62.6 cm³/mol. The van der Waals surface area contributed by atoms with E-state index in [0.29, 0.717) is 0 Å². The Hall–Kier alpha value is -0.220. The largest absolute Gasteiger partial charge is 0.389 e. The van der Waals surface area contributed by atoms with E-state index in [1.54, 1.807) is 11.3 Å². The van der Waals surface area contributed by atoms with Gasteiger partial charge in [-0.3, -0.25) is 0 Å². The molecule has 0 bridgehead atoms. The third kappa shape index (κ3) is 3.19. The summed E-state index contributed by atoms with van der Waals surface area (Å²) in [7, 11) is 0. The van der Waals surface area contributed by atoms with E-state index in [0.717, 1.165) is 34.3 Å². The van der Waals surface area contributed by atoms with E-state index < -0.39 is 0 Å². The first-order valence-corrected chi connectivity index (χ1v) is 6.56. The fraction of sp³-hybridized carbons (Fsp3) is 0.667. The number of anilines is 1. The lowest BCUT2D eigenvalue weighted by Gasteiger charge is -1.96. The number of nitrogen functional groups attached to an aromatic ring is 1. The monoisotopic (exact) mass is 216 g/mol. The van der Waals surface area contributed by atoms with E-state index in [9.17, 15) is 0 Å². The average molecular weight is 216 g/mol. The number of hydrogen-bond donors (Lipinski definition) is 1. The Morgan fingerprint density at radius 1 is 1.46 bits per heavy atom. The molecule has 0 spiro atoms. The highest BCUT2D eigenvalue weighted by Gasteiger charge is 2.06. The molecule has 0 saturated carbocycles. The van der Waals surface area contributed by atoms with Gasteiger partial charge in [0.1, 0.15) is 5.00 Å². The molecule has 0 saturated heterocycles. The van der Waals surface area contributed by atoms with Gasteiger partial charge < -0.3 is 5.73 Å². The summed E-state index contributed by atoms with van der Waals surface area (Å²) >= 11 is 3.57. The molecular formula is C9H16N2S2. The number of thioether (sulfide) groups is 1. The smallest absolute Gasteiger partial charge is 0.109 e. The molecule has 13 heavy (non-hydrogen) atoms. The standard InChI is InChI=1S/C9H16N2S2/c1-3-8-11-7(9(10)13-8)5-6-12-4-2/h3-6,10H2,1-2H3. The summed E-state index contributed by atoms with van der Waals surface area (Å²) in [5.41, 5.74) is 6.95. The third-order valence-electron chi connectivity index (χ3n) is 1.76. The summed E-state index contributed by atoms with van der Waals surface area (Å²) in [4.78, 5) is 4.48. The Morgan fingerprint density at radius 3 is 2.77 bits per heavy atom. The van der Waals surface area contributed by atoms with Gasteiger partial charge in [0.2, 0.25) is 0 Å². The van der Waals surface area contributed by atoms with Gasteiger partial charge >= 0.3 is 0 Å². The summed E-state index contributed by atoms with van der Waals surface area (Å²) in [6.45, 7) is 4.29. The number of thiazole rings is 1. The maximum absolute atomic E-state index is 5.85. The lowest BCUT2D eigenvalue weighted by atomic mass is 10.3. The summed E-state index contributed by atoms with van der Waals surface area (Å²) in [6, 6.07) is 0. The first-order chi connectivity index (χ1) is 6.27. The number of nitrogens with two attached hydrogens (primary N) is 1. The van der Waals surface area contributed by atoms with Crippen LogP contribution in [0.2, 0.25) is 0 Å².